The van der Waals surface area contributed by atoms with Crippen molar-refractivity contribution < 1.29 is 9.18 Å². The van der Waals surface area contributed by atoms with Crippen molar-refractivity contribution in [3.63, 3.8) is 0 Å². The third-order valence-corrected chi connectivity index (χ3v) is 2.82. The van der Waals surface area contributed by atoms with Crippen LogP contribution in [0.15, 0.2) is 18.2 Å². The second-order valence-electron chi connectivity index (χ2n) is 2.66. The van der Waals surface area contributed by atoms with Crippen LogP contribution in [0, 0.1) is 5.13 Å². The number of fused-ring (bicyclic) bond motifs is 1. The molecule has 0 aliphatic rings. The fourth-order valence-electron chi connectivity index (χ4n) is 1.23. The maximum atomic E-state index is 12.8. The van der Waals surface area contributed by atoms with E-state index >= 15 is 0 Å². The van der Waals surface area contributed by atoms with Gasteiger partial charge < -0.3 is 5.73 Å². The van der Waals surface area contributed by atoms with Gasteiger partial charge in [-0.3, -0.25) is 4.79 Å². The second kappa shape index (κ2) is 2.81. The summed E-state index contributed by atoms with van der Waals surface area (Å²) in [4.78, 5) is 10.7. The molecule has 0 atom stereocenters. The molecule has 2 N–H and O–H groups in total. The Morgan fingerprint density at radius 2 is 2.23 bits per heavy atom. The molecule has 0 fully saturated rings. The number of hydrogen-bond donors (Lipinski definition) is 1. The number of nitrogen functional groups attached to an aromatic ring is 1. The Balaban J connectivity index is 2.90. The van der Waals surface area contributed by atoms with Crippen molar-refractivity contribution in [2.24, 2.45) is 0 Å². The molecule has 13 heavy (non-hydrogen) atoms. The lowest BCUT2D eigenvalue weighted by molar-refractivity contribution is 0.112. The minimum Gasteiger partial charge on any atom is -0.398 e. The molecule has 1 heterocycles. The van der Waals surface area contributed by atoms with E-state index < -0.39 is 0 Å². The molecule has 0 bridgehead atoms. The lowest BCUT2D eigenvalue weighted by atomic mass is 10.1. The number of aldehydes is 1. The maximum Gasteiger partial charge on any atom is 0.177 e. The van der Waals surface area contributed by atoms with Crippen LogP contribution in [0.4, 0.5) is 10.1 Å². The van der Waals surface area contributed by atoms with Crippen LogP contribution in [0.25, 0.3) is 10.1 Å². The number of hydrogen-bond acceptors (Lipinski definition) is 3. The highest BCUT2D eigenvalue weighted by atomic mass is 32.1. The average molecular weight is 195 g/mol. The number of benzene rings is 1. The van der Waals surface area contributed by atoms with Crippen LogP contribution in [0.2, 0.25) is 0 Å². The van der Waals surface area contributed by atoms with Gasteiger partial charge in [-0.1, -0.05) is 6.07 Å². The Kier molecular flexibility index (Phi) is 1.77. The summed E-state index contributed by atoms with van der Waals surface area (Å²) < 4.78 is 13.4. The summed E-state index contributed by atoms with van der Waals surface area (Å²) in [5.41, 5.74) is 6.33. The number of rotatable bonds is 1. The third-order valence-electron chi connectivity index (χ3n) is 1.85. The van der Waals surface area contributed by atoms with Crippen LogP contribution in [-0.2, 0) is 0 Å². The predicted octanol–water partition coefficient (Wildman–Crippen LogP) is 2.44. The molecular weight excluding hydrogens is 189 g/mol. The number of thiophene rings is 1. The van der Waals surface area contributed by atoms with Crippen LogP contribution < -0.4 is 5.73 Å². The molecule has 2 aromatic rings. The quantitative estimate of drug-likeness (QED) is 0.561. The normalized spacial score (nSPS) is 10.5. The molecule has 0 saturated carbocycles. The Bertz CT molecular complexity index is 478. The van der Waals surface area contributed by atoms with E-state index in [-0.39, 0.29) is 5.13 Å². The Morgan fingerprint density at radius 3 is 2.92 bits per heavy atom. The predicted molar refractivity (Wildman–Crippen MR) is 51.6 cm³/mol. The summed E-state index contributed by atoms with van der Waals surface area (Å²) in [5.74, 6) is 0. The molecule has 0 amide bonds. The van der Waals surface area contributed by atoms with Gasteiger partial charge in [-0.2, -0.15) is 4.39 Å². The monoisotopic (exact) mass is 195 g/mol. The molecule has 0 spiro atoms. The third kappa shape index (κ3) is 1.19. The molecule has 0 aliphatic carbocycles. The molecule has 2 nitrogen and oxygen atoms in total. The van der Waals surface area contributed by atoms with E-state index in [1.807, 2.05) is 0 Å². The largest absolute Gasteiger partial charge is 0.398 e. The maximum absolute atomic E-state index is 12.8. The van der Waals surface area contributed by atoms with Gasteiger partial charge in [0, 0.05) is 10.4 Å². The smallest absolute Gasteiger partial charge is 0.177 e. The van der Waals surface area contributed by atoms with Crippen molar-refractivity contribution in [1.29, 1.82) is 0 Å². The van der Waals surface area contributed by atoms with Gasteiger partial charge in [-0.25, -0.2) is 0 Å². The molecule has 0 unspecified atom stereocenters. The first-order chi connectivity index (χ1) is 6.22. The summed E-state index contributed by atoms with van der Waals surface area (Å²) in [5, 5.41) is 0.419. The van der Waals surface area contributed by atoms with Crippen molar-refractivity contribution in [3.8, 4) is 0 Å². The molecular formula is C9H6FNOS. The van der Waals surface area contributed by atoms with Gasteiger partial charge >= 0.3 is 0 Å². The summed E-state index contributed by atoms with van der Waals surface area (Å²) in [6, 6.07) is 4.71. The van der Waals surface area contributed by atoms with Crippen molar-refractivity contribution in [1.82, 2.24) is 0 Å². The molecule has 0 radical (unpaired) electrons. The first-order valence-electron chi connectivity index (χ1n) is 3.65. The van der Waals surface area contributed by atoms with Crippen LogP contribution in [-0.4, -0.2) is 6.29 Å². The number of carbonyl (C=O) groups is 1. The molecule has 0 aliphatic heterocycles. The molecule has 2 rings (SSSR count). The molecule has 66 valence electrons. The van der Waals surface area contributed by atoms with E-state index in [0.29, 0.717) is 22.2 Å². The summed E-state index contributed by atoms with van der Waals surface area (Å²) in [6.45, 7) is 0. The first kappa shape index (κ1) is 8.19. The van der Waals surface area contributed by atoms with E-state index in [0.717, 1.165) is 16.7 Å². The van der Waals surface area contributed by atoms with Gasteiger partial charge in [-0.15, -0.1) is 11.3 Å². The first-order valence-corrected chi connectivity index (χ1v) is 4.46. The molecule has 1 aromatic carbocycles. The summed E-state index contributed by atoms with van der Waals surface area (Å²) >= 11 is 0.940. The van der Waals surface area contributed by atoms with E-state index in [9.17, 15) is 9.18 Å². The van der Waals surface area contributed by atoms with Gasteiger partial charge in [0.1, 0.15) is 0 Å². The van der Waals surface area contributed by atoms with Gasteiger partial charge in [-0.05, 0) is 17.5 Å². The number of halogens is 1. The van der Waals surface area contributed by atoms with Crippen molar-refractivity contribution in [3.05, 3.63) is 28.9 Å². The lowest BCUT2D eigenvalue weighted by Crippen LogP contribution is -1.91. The number of carbonyl (C=O) groups excluding carboxylic acids is 1. The van der Waals surface area contributed by atoms with Gasteiger partial charge in [0.25, 0.3) is 0 Å². The molecule has 0 saturated heterocycles. The van der Waals surface area contributed by atoms with E-state index in [1.165, 1.54) is 6.07 Å². The Hall–Kier alpha value is -1.42. The van der Waals surface area contributed by atoms with Crippen LogP contribution >= 0.6 is 11.3 Å². The fraction of sp³-hybridized carbons (Fsp3) is 0. The van der Waals surface area contributed by atoms with Crippen LogP contribution in [0.5, 0.6) is 0 Å². The summed E-state index contributed by atoms with van der Waals surface area (Å²) in [7, 11) is 0. The van der Waals surface area contributed by atoms with Crippen molar-refractivity contribution in [2.45, 2.75) is 0 Å². The highest BCUT2D eigenvalue weighted by Gasteiger charge is 2.08. The van der Waals surface area contributed by atoms with Crippen molar-refractivity contribution >= 4 is 33.4 Å². The molecule has 4 heteroatoms. The zero-order chi connectivity index (χ0) is 9.42. The van der Waals surface area contributed by atoms with Crippen molar-refractivity contribution in [2.75, 3.05) is 5.73 Å². The standard InChI is InChI=1S/C9H6FNOS/c10-8-3-5-1-2-7(11)6(4-12)9(5)13-8/h1-4H,11H2. The lowest BCUT2D eigenvalue weighted by Gasteiger charge is -1.97. The minimum absolute atomic E-state index is 0.302. The number of anilines is 1. The minimum atomic E-state index is -0.302. The van der Waals surface area contributed by atoms with Gasteiger partial charge in [0.2, 0.25) is 0 Å². The molecule has 1 aromatic heterocycles. The van der Waals surface area contributed by atoms with E-state index in [2.05, 4.69) is 0 Å². The van der Waals surface area contributed by atoms with Gasteiger partial charge in [0.15, 0.2) is 11.4 Å². The summed E-state index contributed by atoms with van der Waals surface area (Å²) in [6.07, 6.45) is 0.660. The highest BCUT2D eigenvalue weighted by Crippen LogP contribution is 2.29. The second-order valence-corrected chi connectivity index (χ2v) is 3.66. The zero-order valence-corrected chi connectivity index (χ0v) is 7.40. The highest BCUT2D eigenvalue weighted by molar-refractivity contribution is 7.18. The van der Waals surface area contributed by atoms with Crippen LogP contribution in [0.1, 0.15) is 10.4 Å². The SMILES string of the molecule is Nc1ccc2cc(F)sc2c1C=O. The number of nitrogens with two attached hydrogens (primary N) is 1. The Labute approximate surface area is 77.8 Å². The fourth-order valence-corrected chi connectivity index (χ4v) is 2.13. The van der Waals surface area contributed by atoms with Crippen LogP contribution in [0.3, 0.4) is 0 Å². The average Bonchev–Trinajstić information content (AvgIpc) is 2.45. The Morgan fingerprint density at radius 1 is 1.46 bits per heavy atom. The van der Waals surface area contributed by atoms with E-state index in [1.54, 1.807) is 12.1 Å². The topological polar surface area (TPSA) is 43.1 Å². The van der Waals surface area contributed by atoms with Gasteiger partial charge in [0.05, 0.1) is 5.56 Å². The van der Waals surface area contributed by atoms with E-state index in [4.69, 9.17) is 5.73 Å². The zero-order valence-electron chi connectivity index (χ0n) is 6.58.